The highest BCUT2D eigenvalue weighted by atomic mass is 16.5. The van der Waals surface area contributed by atoms with Gasteiger partial charge in [0.05, 0.1) is 7.11 Å². The quantitative estimate of drug-likeness (QED) is 0.288. The number of rotatable bonds is 8. The van der Waals surface area contributed by atoms with Gasteiger partial charge in [0.2, 0.25) is 0 Å². The Hall–Kier alpha value is -1.93. The highest BCUT2D eigenvalue weighted by Crippen LogP contribution is 2.08. The summed E-state index contributed by atoms with van der Waals surface area (Å²) in [7, 11) is 1.42. The van der Waals surface area contributed by atoms with Crippen LogP contribution in [-0.2, 0) is 9.53 Å². The van der Waals surface area contributed by atoms with Gasteiger partial charge in [-0.25, -0.2) is 0 Å². The molecule has 1 atom stereocenters. The van der Waals surface area contributed by atoms with Crippen LogP contribution in [0.2, 0.25) is 0 Å². The van der Waals surface area contributed by atoms with Crippen molar-refractivity contribution in [2.75, 3.05) is 7.11 Å². The van der Waals surface area contributed by atoms with E-state index in [1.807, 2.05) is 25.2 Å². The zero-order valence-corrected chi connectivity index (χ0v) is 13.4. The molecule has 0 fully saturated rings. The van der Waals surface area contributed by atoms with Gasteiger partial charge in [0.1, 0.15) is 0 Å². The SMILES string of the molecule is CC#CCC(C=CC=CC#CCCCCC(=O)OC)CC. The van der Waals surface area contributed by atoms with Crippen LogP contribution in [0.15, 0.2) is 24.3 Å². The van der Waals surface area contributed by atoms with E-state index in [1.54, 1.807) is 0 Å². The molecule has 0 aliphatic carbocycles. The maximum atomic E-state index is 10.9. The number of unbranched alkanes of at least 4 members (excludes halogenated alkanes) is 2. The molecule has 0 rings (SSSR count). The lowest BCUT2D eigenvalue weighted by Gasteiger charge is -2.02. The van der Waals surface area contributed by atoms with E-state index in [0.717, 1.165) is 32.1 Å². The number of ether oxygens (including phenoxy) is 1. The minimum atomic E-state index is -0.147. The van der Waals surface area contributed by atoms with Gasteiger partial charge in [-0.15, -0.1) is 11.8 Å². The maximum absolute atomic E-state index is 10.9. The van der Waals surface area contributed by atoms with Crippen LogP contribution in [0.4, 0.5) is 0 Å². The number of allylic oxidation sites excluding steroid dienone is 4. The molecule has 0 aromatic heterocycles. The molecule has 0 aliphatic rings. The van der Waals surface area contributed by atoms with Crippen LogP contribution in [0.1, 0.15) is 52.4 Å². The molecule has 0 aliphatic heterocycles. The lowest BCUT2D eigenvalue weighted by Crippen LogP contribution is -1.98. The van der Waals surface area contributed by atoms with E-state index in [4.69, 9.17) is 0 Å². The van der Waals surface area contributed by atoms with Gasteiger partial charge >= 0.3 is 5.97 Å². The van der Waals surface area contributed by atoms with E-state index >= 15 is 0 Å². The zero-order chi connectivity index (χ0) is 15.8. The van der Waals surface area contributed by atoms with Crippen LogP contribution in [0.25, 0.3) is 0 Å². The molecule has 2 nitrogen and oxygen atoms in total. The fraction of sp³-hybridized carbons (Fsp3) is 0.526. The maximum Gasteiger partial charge on any atom is 0.305 e. The Balaban J connectivity index is 3.82. The molecular weight excluding hydrogens is 260 g/mol. The summed E-state index contributed by atoms with van der Waals surface area (Å²) in [5.41, 5.74) is 0. The van der Waals surface area contributed by atoms with Crippen molar-refractivity contribution in [3.8, 4) is 23.7 Å². The smallest absolute Gasteiger partial charge is 0.305 e. The monoisotopic (exact) mass is 286 g/mol. The molecule has 2 heteroatoms. The summed E-state index contributed by atoms with van der Waals surface area (Å²) in [6.45, 7) is 4.04. The van der Waals surface area contributed by atoms with Gasteiger partial charge in [-0.05, 0) is 38.2 Å². The van der Waals surface area contributed by atoms with E-state index in [9.17, 15) is 4.79 Å². The third-order valence-corrected chi connectivity index (χ3v) is 3.00. The normalized spacial score (nSPS) is 11.6. The van der Waals surface area contributed by atoms with E-state index < -0.39 is 0 Å². The average Bonchev–Trinajstić information content (AvgIpc) is 2.51. The van der Waals surface area contributed by atoms with E-state index in [1.165, 1.54) is 7.11 Å². The van der Waals surface area contributed by atoms with Crippen molar-refractivity contribution in [3.05, 3.63) is 24.3 Å². The third kappa shape index (κ3) is 12.8. The Morgan fingerprint density at radius 3 is 2.71 bits per heavy atom. The Bertz CT molecular complexity index is 449. The fourth-order valence-electron chi connectivity index (χ4n) is 1.62. The number of carbonyl (C=O) groups excluding carboxylic acids is 1. The van der Waals surface area contributed by atoms with Crippen molar-refractivity contribution >= 4 is 5.97 Å². The number of hydrogen-bond donors (Lipinski definition) is 0. The molecule has 0 aromatic rings. The Kier molecular flexibility index (Phi) is 13.1. The summed E-state index contributed by atoms with van der Waals surface area (Å²) in [5, 5.41) is 0. The summed E-state index contributed by atoms with van der Waals surface area (Å²) < 4.78 is 4.57. The predicted molar refractivity (Wildman–Crippen MR) is 88.4 cm³/mol. The van der Waals surface area contributed by atoms with Crippen LogP contribution in [-0.4, -0.2) is 13.1 Å². The molecular formula is C19H26O2. The van der Waals surface area contributed by atoms with Crippen molar-refractivity contribution in [1.82, 2.24) is 0 Å². The van der Waals surface area contributed by atoms with E-state index in [2.05, 4.69) is 41.4 Å². The van der Waals surface area contributed by atoms with Gasteiger partial charge in [0, 0.05) is 19.3 Å². The third-order valence-electron chi connectivity index (χ3n) is 3.00. The first-order valence-corrected chi connectivity index (χ1v) is 7.52. The predicted octanol–water partition coefficient (Wildman–Crippen LogP) is 4.28. The Morgan fingerprint density at radius 2 is 2.05 bits per heavy atom. The number of hydrogen-bond acceptors (Lipinski definition) is 2. The van der Waals surface area contributed by atoms with Crippen molar-refractivity contribution in [2.45, 2.75) is 52.4 Å². The summed E-state index contributed by atoms with van der Waals surface area (Å²) >= 11 is 0. The summed E-state index contributed by atoms with van der Waals surface area (Å²) in [4.78, 5) is 10.9. The van der Waals surface area contributed by atoms with Gasteiger partial charge in [0.15, 0.2) is 0 Å². The Labute approximate surface area is 129 Å². The first-order valence-electron chi connectivity index (χ1n) is 7.52. The molecule has 0 heterocycles. The molecule has 0 saturated heterocycles. The zero-order valence-electron chi connectivity index (χ0n) is 13.4. The second-order valence-corrected chi connectivity index (χ2v) is 4.65. The molecule has 0 aromatic carbocycles. The Morgan fingerprint density at radius 1 is 1.24 bits per heavy atom. The highest BCUT2D eigenvalue weighted by Gasteiger charge is 1.97. The molecule has 1 unspecified atom stereocenters. The van der Waals surface area contributed by atoms with Crippen LogP contribution in [0.3, 0.4) is 0 Å². The van der Waals surface area contributed by atoms with Crippen molar-refractivity contribution in [3.63, 3.8) is 0 Å². The molecule has 0 saturated carbocycles. The molecule has 114 valence electrons. The molecule has 0 amide bonds. The number of esters is 1. The highest BCUT2D eigenvalue weighted by molar-refractivity contribution is 5.68. The molecule has 0 radical (unpaired) electrons. The van der Waals surface area contributed by atoms with Gasteiger partial charge in [0.25, 0.3) is 0 Å². The second kappa shape index (κ2) is 14.5. The molecule has 0 spiro atoms. The summed E-state index contributed by atoms with van der Waals surface area (Å²) in [6, 6.07) is 0. The lowest BCUT2D eigenvalue weighted by molar-refractivity contribution is -0.140. The van der Waals surface area contributed by atoms with Crippen molar-refractivity contribution in [2.24, 2.45) is 5.92 Å². The average molecular weight is 286 g/mol. The summed E-state index contributed by atoms with van der Waals surface area (Å²) in [6.07, 6.45) is 13.1. The lowest BCUT2D eigenvalue weighted by atomic mass is 10.0. The van der Waals surface area contributed by atoms with Crippen molar-refractivity contribution in [1.29, 1.82) is 0 Å². The van der Waals surface area contributed by atoms with Crippen LogP contribution in [0.5, 0.6) is 0 Å². The van der Waals surface area contributed by atoms with Crippen molar-refractivity contribution < 1.29 is 9.53 Å². The van der Waals surface area contributed by atoms with Gasteiger partial charge in [-0.3, -0.25) is 4.79 Å². The minimum absolute atomic E-state index is 0.147. The molecule has 0 N–H and O–H groups in total. The first-order chi connectivity index (χ1) is 10.2. The minimum Gasteiger partial charge on any atom is -0.469 e. The van der Waals surface area contributed by atoms with Crippen LogP contribution in [0, 0.1) is 29.6 Å². The topological polar surface area (TPSA) is 26.3 Å². The number of methoxy groups -OCH3 is 1. The standard InChI is InChI=1S/C19H26O2/c1-4-6-15-18(5-2)16-13-11-9-7-8-10-12-14-17-19(20)21-3/h9,11,13,16,18H,5,10,12,14-15,17H2,1-3H3. The molecule has 0 bridgehead atoms. The largest absolute Gasteiger partial charge is 0.469 e. The van der Waals surface area contributed by atoms with Gasteiger partial charge in [-0.2, -0.15) is 0 Å². The summed E-state index contributed by atoms with van der Waals surface area (Å²) in [5.74, 6) is 12.5. The van der Waals surface area contributed by atoms with Crippen LogP contribution >= 0.6 is 0 Å². The van der Waals surface area contributed by atoms with E-state index in [-0.39, 0.29) is 5.97 Å². The van der Waals surface area contributed by atoms with Gasteiger partial charge in [-0.1, -0.05) is 37.0 Å². The fourth-order valence-corrected chi connectivity index (χ4v) is 1.62. The van der Waals surface area contributed by atoms with Gasteiger partial charge < -0.3 is 4.74 Å². The number of carbonyl (C=O) groups is 1. The van der Waals surface area contributed by atoms with Crippen LogP contribution < -0.4 is 0 Å². The van der Waals surface area contributed by atoms with E-state index in [0.29, 0.717) is 12.3 Å². The second-order valence-electron chi connectivity index (χ2n) is 4.65. The molecule has 21 heavy (non-hydrogen) atoms. The first kappa shape index (κ1) is 19.1.